The number of amides is 1. The van der Waals surface area contributed by atoms with Crippen molar-refractivity contribution < 1.29 is 27.5 Å². The summed E-state index contributed by atoms with van der Waals surface area (Å²) in [5.41, 5.74) is 0.827. The molecule has 3 rings (SSSR count). The Hall–Kier alpha value is -1.97. The number of morpholine rings is 1. The van der Waals surface area contributed by atoms with Crippen molar-refractivity contribution >= 4 is 21.9 Å². The number of hydrogen-bond acceptors (Lipinski definition) is 6. The highest BCUT2D eigenvalue weighted by molar-refractivity contribution is 7.89. The van der Waals surface area contributed by atoms with Gasteiger partial charge in [0.25, 0.3) is 5.91 Å². The summed E-state index contributed by atoms with van der Waals surface area (Å²) < 4.78 is 36.9. The van der Waals surface area contributed by atoms with Crippen molar-refractivity contribution in [2.75, 3.05) is 26.3 Å². The molecule has 154 valence electrons. The number of benzene rings is 1. The number of aryl methyl sites for hydroxylation is 1. The second kappa shape index (κ2) is 9.02. The third-order valence-electron chi connectivity index (χ3n) is 4.75. The summed E-state index contributed by atoms with van der Waals surface area (Å²) in [6, 6.07) is 6.73. The van der Waals surface area contributed by atoms with E-state index in [-0.39, 0.29) is 23.3 Å². The van der Waals surface area contributed by atoms with Gasteiger partial charge in [0, 0.05) is 25.6 Å². The maximum absolute atomic E-state index is 12.6. The van der Waals surface area contributed by atoms with Crippen LogP contribution in [0.15, 0.2) is 29.2 Å². The first-order valence-corrected chi connectivity index (χ1v) is 11.0. The SMILES string of the molecule is C[C@H](OC(=O)CCc1ccc(S(=O)(=O)N2CCOCC2)cc1)C(=O)NC1CC1. The van der Waals surface area contributed by atoms with E-state index >= 15 is 0 Å². The smallest absolute Gasteiger partial charge is 0.306 e. The highest BCUT2D eigenvalue weighted by atomic mass is 32.2. The molecule has 1 saturated heterocycles. The first-order valence-electron chi connectivity index (χ1n) is 9.53. The second-order valence-corrected chi connectivity index (χ2v) is 9.01. The number of ether oxygens (including phenoxy) is 2. The van der Waals surface area contributed by atoms with E-state index in [1.807, 2.05) is 0 Å². The minimum absolute atomic E-state index is 0.122. The number of carbonyl (C=O) groups is 2. The molecule has 1 aromatic carbocycles. The number of hydrogen-bond donors (Lipinski definition) is 1. The van der Waals surface area contributed by atoms with Crippen molar-refractivity contribution in [2.24, 2.45) is 0 Å². The van der Waals surface area contributed by atoms with Crippen molar-refractivity contribution in [1.29, 1.82) is 0 Å². The first kappa shape index (κ1) is 20.8. The topological polar surface area (TPSA) is 102 Å². The molecule has 1 heterocycles. The molecule has 0 spiro atoms. The highest BCUT2D eigenvalue weighted by Gasteiger charge is 2.27. The average Bonchev–Trinajstić information content (AvgIpc) is 3.51. The van der Waals surface area contributed by atoms with E-state index in [4.69, 9.17) is 9.47 Å². The van der Waals surface area contributed by atoms with Crippen LogP contribution >= 0.6 is 0 Å². The largest absolute Gasteiger partial charge is 0.453 e. The van der Waals surface area contributed by atoms with Gasteiger partial charge >= 0.3 is 5.97 Å². The molecule has 1 aliphatic heterocycles. The van der Waals surface area contributed by atoms with Crippen LogP contribution in [0, 0.1) is 0 Å². The summed E-state index contributed by atoms with van der Waals surface area (Å²) in [7, 11) is -3.52. The molecule has 1 N–H and O–H groups in total. The number of rotatable bonds is 8. The van der Waals surface area contributed by atoms with Gasteiger partial charge in [-0.05, 0) is 43.9 Å². The zero-order valence-corrected chi connectivity index (χ0v) is 16.7. The summed E-state index contributed by atoms with van der Waals surface area (Å²) in [4.78, 5) is 24.0. The van der Waals surface area contributed by atoms with Crippen LogP contribution in [0.25, 0.3) is 0 Å². The van der Waals surface area contributed by atoms with Gasteiger partial charge in [-0.1, -0.05) is 12.1 Å². The standard InChI is InChI=1S/C19H26N2O6S/c1-14(19(23)20-16-5-6-16)27-18(22)9-4-15-2-7-17(8-3-15)28(24,25)21-10-12-26-13-11-21/h2-3,7-8,14,16H,4-6,9-13H2,1H3,(H,20,23)/t14-/m0/s1. The summed E-state index contributed by atoms with van der Waals surface area (Å²) in [5.74, 6) is -0.725. The predicted molar refractivity (Wildman–Crippen MR) is 101 cm³/mol. The summed E-state index contributed by atoms with van der Waals surface area (Å²) in [6.45, 7) is 3.05. The molecule has 1 atom stereocenters. The van der Waals surface area contributed by atoms with Gasteiger partial charge < -0.3 is 14.8 Å². The van der Waals surface area contributed by atoms with Crippen LogP contribution in [0.1, 0.15) is 31.7 Å². The van der Waals surface area contributed by atoms with Crippen molar-refractivity contribution in [3.05, 3.63) is 29.8 Å². The Morgan fingerprint density at radius 1 is 1.21 bits per heavy atom. The Kier molecular flexibility index (Phi) is 6.69. The van der Waals surface area contributed by atoms with E-state index in [0.717, 1.165) is 18.4 Å². The van der Waals surface area contributed by atoms with Crippen LogP contribution in [-0.4, -0.2) is 63.0 Å². The van der Waals surface area contributed by atoms with Gasteiger partial charge in [0.15, 0.2) is 6.10 Å². The van der Waals surface area contributed by atoms with Gasteiger partial charge in [0.05, 0.1) is 18.1 Å². The first-order chi connectivity index (χ1) is 13.4. The Morgan fingerprint density at radius 2 is 1.86 bits per heavy atom. The number of sulfonamides is 1. The maximum atomic E-state index is 12.6. The molecule has 0 unspecified atom stereocenters. The molecule has 1 aliphatic carbocycles. The Balaban J connectivity index is 1.48. The van der Waals surface area contributed by atoms with Crippen LogP contribution in [0.5, 0.6) is 0 Å². The third kappa shape index (κ3) is 5.52. The van der Waals surface area contributed by atoms with Gasteiger partial charge in [0.1, 0.15) is 0 Å². The van der Waals surface area contributed by atoms with Gasteiger partial charge in [0.2, 0.25) is 10.0 Å². The lowest BCUT2D eigenvalue weighted by molar-refractivity contribution is -0.154. The van der Waals surface area contributed by atoms with E-state index in [1.165, 1.54) is 4.31 Å². The Morgan fingerprint density at radius 3 is 2.46 bits per heavy atom. The molecule has 28 heavy (non-hydrogen) atoms. The van der Waals surface area contributed by atoms with Crippen molar-refractivity contribution in [2.45, 2.75) is 49.6 Å². The van der Waals surface area contributed by atoms with Gasteiger partial charge in [-0.25, -0.2) is 8.42 Å². The normalized spacial score (nSPS) is 19.0. The predicted octanol–water partition coefficient (Wildman–Crippen LogP) is 0.850. The molecular weight excluding hydrogens is 384 g/mol. The summed E-state index contributed by atoms with van der Waals surface area (Å²) >= 11 is 0. The van der Waals surface area contributed by atoms with Crippen LogP contribution in [-0.2, 0) is 35.5 Å². The average molecular weight is 410 g/mol. The third-order valence-corrected chi connectivity index (χ3v) is 6.66. The monoisotopic (exact) mass is 410 g/mol. The molecule has 0 bridgehead atoms. The van der Waals surface area contributed by atoms with E-state index in [0.29, 0.717) is 32.7 Å². The number of esters is 1. The molecule has 8 nitrogen and oxygen atoms in total. The molecule has 0 radical (unpaired) electrons. The van der Waals surface area contributed by atoms with Gasteiger partial charge in [-0.2, -0.15) is 4.31 Å². The lowest BCUT2D eigenvalue weighted by Crippen LogP contribution is -2.40. The Bertz CT molecular complexity index is 798. The molecule has 2 aliphatic rings. The lowest BCUT2D eigenvalue weighted by atomic mass is 10.1. The quantitative estimate of drug-likeness (QED) is 0.638. The fourth-order valence-electron chi connectivity index (χ4n) is 2.87. The summed E-state index contributed by atoms with van der Waals surface area (Å²) in [5, 5.41) is 2.80. The molecular formula is C19H26N2O6S. The van der Waals surface area contributed by atoms with E-state index in [2.05, 4.69) is 5.32 Å². The van der Waals surface area contributed by atoms with Gasteiger partial charge in [-0.3, -0.25) is 9.59 Å². The number of carbonyl (C=O) groups excluding carboxylic acids is 2. The van der Waals surface area contributed by atoms with Crippen LogP contribution in [0.4, 0.5) is 0 Å². The maximum Gasteiger partial charge on any atom is 0.306 e. The number of nitrogens with one attached hydrogen (secondary N) is 1. The minimum atomic E-state index is -3.52. The molecule has 2 fully saturated rings. The molecule has 1 aromatic rings. The minimum Gasteiger partial charge on any atom is -0.453 e. The van der Waals surface area contributed by atoms with Crippen molar-refractivity contribution in [1.82, 2.24) is 9.62 Å². The summed E-state index contributed by atoms with van der Waals surface area (Å²) in [6.07, 6.45) is 1.67. The van der Waals surface area contributed by atoms with Crippen molar-refractivity contribution in [3.63, 3.8) is 0 Å². The zero-order chi connectivity index (χ0) is 20.1. The van der Waals surface area contributed by atoms with Crippen LogP contribution in [0.3, 0.4) is 0 Å². The van der Waals surface area contributed by atoms with Crippen LogP contribution in [0.2, 0.25) is 0 Å². The van der Waals surface area contributed by atoms with Gasteiger partial charge in [-0.15, -0.1) is 0 Å². The van der Waals surface area contributed by atoms with E-state index in [9.17, 15) is 18.0 Å². The molecule has 9 heteroatoms. The van der Waals surface area contributed by atoms with E-state index in [1.54, 1.807) is 31.2 Å². The lowest BCUT2D eigenvalue weighted by Gasteiger charge is -2.26. The van der Waals surface area contributed by atoms with Crippen molar-refractivity contribution in [3.8, 4) is 0 Å². The molecule has 0 aromatic heterocycles. The zero-order valence-electron chi connectivity index (χ0n) is 15.9. The van der Waals surface area contributed by atoms with E-state index < -0.39 is 22.1 Å². The number of nitrogens with zero attached hydrogens (tertiary/aromatic N) is 1. The fraction of sp³-hybridized carbons (Fsp3) is 0.579. The highest BCUT2D eigenvalue weighted by Crippen LogP contribution is 2.19. The molecule has 1 amide bonds. The fourth-order valence-corrected chi connectivity index (χ4v) is 4.27. The Labute approximate surface area is 165 Å². The molecule has 1 saturated carbocycles. The second-order valence-electron chi connectivity index (χ2n) is 7.08. The van der Waals surface area contributed by atoms with Crippen LogP contribution < -0.4 is 5.32 Å².